The summed E-state index contributed by atoms with van der Waals surface area (Å²) in [6.07, 6.45) is 2.33. The lowest BCUT2D eigenvalue weighted by atomic mass is 10.2. The van der Waals surface area contributed by atoms with Gasteiger partial charge in [0.25, 0.3) is 0 Å². The van der Waals surface area contributed by atoms with Crippen LogP contribution in [0.25, 0.3) is 11.5 Å². The van der Waals surface area contributed by atoms with Crippen LogP contribution in [-0.2, 0) is 13.0 Å². The van der Waals surface area contributed by atoms with Crippen molar-refractivity contribution in [3.8, 4) is 17.2 Å². The first kappa shape index (κ1) is 14.4. The lowest BCUT2D eigenvalue weighted by Crippen LogP contribution is -2.02. The van der Waals surface area contributed by atoms with Gasteiger partial charge in [0, 0.05) is 12.0 Å². The highest BCUT2D eigenvalue weighted by molar-refractivity contribution is 5.52. The van der Waals surface area contributed by atoms with Crippen molar-refractivity contribution in [3.05, 3.63) is 72.1 Å². The molecule has 112 valence electrons. The van der Waals surface area contributed by atoms with Crippen molar-refractivity contribution in [2.75, 3.05) is 6.61 Å². The van der Waals surface area contributed by atoms with E-state index in [1.165, 1.54) is 0 Å². The average molecular weight is 295 g/mol. The van der Waals surface area contributed by atoms with Crippen molar-refractivity contribution in [3.63, 3.8) is 0 Å². The highest BCUT2D eigenvalue weighted by Gasteiger charge is 2.06. The molecule has 3 rings (SSSR count). The average Bonchev–Trinajstić information content (AvgIpc) is 3.05. The number of aromatic nitrogens is 1. The molecular formula is C18H17NO3. The fourth-order valence-electron chi connectivity index (χ4n) is 2.14. The van der Waals surface area contributed by atoms with Gasteiger partial charge in [0.1, 0.15) is 12.0 Å². The molecule has 0 bridgehead atoms. The SMILES string of the molecule is OCc1cccc(OCCc2coc(-c3ccccc3)n2)c1. The standard InChI is InChI=1S/C18H17NO3/c20-12-14-5-4-8-17(11-14)21-10-9-16-13-22-18(19-16)15-6-2-1-3-7-15/h1-8,11,13,20H,9-10,12H2. The number of aliphatic hydroxyl groups is 1. The topological polar surface area (TPSA) is 55.5 Å². The normalized spacial score (nSPS) is 10.6. The summed E-state index contributed by atoms with van der Waals surface area (Å²) in [5.74, 6) is 1.37. The van der Waals surface area contributed by atoms with Crippen LogP contribution >= 0.6 is 0 Å². The van der Waals surface area contributed by atoms with Crippen LogP contribution in [0.2, 0.25) is 0 Å². The lowest BCUT2D eigenvalue weighted by molar-refractivity contribution is 0.279. The monoisotopic (exact) mass is 295 g/mol. The Hall–Kier alpha value is -2.59. The molecule has 0 fully saturated rings. The summed E-state index contributed by atoms with van der Waals surface area (Å²) >= 11 is 0. The molecule has 4 heteroatoms. The van der Waals surface area contributed by atoms with Gasteiger partial charge in [0.15, 0.2) is 0 Å². The third kappa shape index (κ3) is 3.54. The van der Waals surface area contributed by atoms with E-state index in [2.05, 4.69) is 4.98 Å². The molecule has 0 atom stereocenters. The van der Waals surface area contributed by atoms with Gasteiger partial charge in [-0.1, -0.05) is 30.3 Å². The van der Waals surface area contributed by atoms with E-state index in [1.807, 2.05) is 54.6 Å². The highest BCUT2D eigenvalue weighted by Crippen LogP contribution is 2.18. The molecule has 0 spiro atoms. The first-order valence-electron chi connectivity index (χ1n) is 7.17. The molecule has 0 unspecified atom stereocenters. The lowest BCUT2D eigenvalue weighted by Gasteiger charge is -2.05. The van der Waals surface area contributed by atoms with Crippen LogP contribution in [0.4, 0.5) is 0 Å². The fraction of sp³-hybridized carbons (Fsp3) is 0.167. The quantitative estimate of drug-likeness (QED) is 0.756. The molecule has 0 amide bonds. The Morgan fingerprint density at radius 1 is 1.05 bits per heavy atom. The maximum atomic E-state index is 9.10. The van der Waals surface area contributed by atoms with Crippen LogP contribution in [0.15, 0.2) is 65.3 Å². The van der Waals surface area contributed by atoms with E-state index < -0.39 is 0 Å². The second kappa shape index (κ2) is 6.91. The third-order valence-corrected chi connectivity index (χ3v) is 3.28. The summed E-state index contributed by atoms with van der Waals surface area (Å²) < 4.78 is 11.2. The zero-order valence-electron chi connectivity index (χ0n) is 12.1. The van der Waals surface area contributed by atoms with Crippen molar-refractivity contribution in [1.29, 1.82) is 0 Å². The van der Waals surface area contributed by atoms with Crippen molar-refractivity contribution in [1.82, 2.24) is 4.98 Å². The van der Waals surface area contributed by atoms with Crippen molar-refractivity contribution < 1.29 is 14.3 Å². The molecule has 1 N–H and O–H groups in total. The molecular weight excluding hydrogens is 278 g/mol. The molecule has 3 aromatic rings. The number of hydrogen-bond acceptors (Lipinski definition) is 4. The Morgan fingerprint density at radius 3 is 2.73 bits per heavy atom. The Balaban J connectivity index is 1.57. The summed E-state index contributed by atoms with van der Waals surface area (Å²) in [5.41, 5.74) is 2.66. The molecule has 1 heterocycles. The molecule has 1 aromatic heterocycles. The minimum absolute atomic E-state index is 0.0148. The van der Waals surface area contributed by atoms with Gasteiger partial charge in [0.2, 0.25) is 5.89 Å². The summed E-state index contributed by atoms with van der Waals surface area (Å²) in [4.78, 5) is 4.46. The van der Waals surface area contributed by atoms with Gasteiger partial charge in [-0.15, -0.1) is 0 Å². The molecule has 0 aliphatic carbocycles. The van der Waals surface area contributed by atoms with Crippen LogP contribution in [0, 0.1) is 0 Å². The Morgan fingerprint density at radius 2 is 1.91 bits per heavy atom. The maximum absolute atomic E-state index is 9.10. The van der Waals surface area contributed by atoms with Gasteiger partial charge >= 0.3 is 0 Å². The molecule has 0 aliphatic rings. The Kier molecular flexibility index (Phi) is 4.51. The number of rotatable bonds is 6. The van der Waals surface area contributed by atoms with Gasteiger partial charge in [0.05, 0.1) is 18.9 Å². The molecule has 0 radical (unpaired) electrons. The molecule has 4 nitrogen and oxygen atoms in total. The molecule has 2 aromatic carbocycles. The third-order valence-electron chi connectivity index (χ3n) is 3.28. The molecule has 0 saturated heterocycles. The summed E-state index contributed by atoms with van der Waals surface area (Å²) in [5, 5.41) is 9.10. The smallest absolute Gasteiger partial charge is 0.226 e. The second-order valence-electron chi connectivity index (χ2n) is 4.91. The number of aliphatic hydroxyl groups excluding tert-OH is 1. The fourth-order valence-corrected chi connectivity index (χ4v) is 2.14. The predicted octanol–water partition coefficient (Wildman–Crippen LogP) is 3.46. The first-order chi connectivity index (χ1) is 10.8. The second-order valence-corrected chi connectivity index (χ2v) is 4.91. The van der Waals surface area contributed by atoms with Crippen molar-refractivity contribution in [2.45, 2.75) is 13.0 Å². The van der Waals surface area contributed by atoms with E-state index in [4.69, 9.17) is 14.3 Å². The van der Waals surface area contributed by atoms with Crippen LogP contribution in [0.1, 0.15) is 11.3 Å². The van der Waals surface area contributed by atoms with E-state index in [-0.39, 0.29) is 6.61 Å². The number of hydrogen-bond donors (Lipinski definition) is 1. The summed E-state index contributed by atoms with van der Waals surface area (Å²) in [6, 6.07) is 17.2. The van der Waals surface area contributed by atoms with Gasteiger partial charge in [-0.25, -0.2) is 4.98 Å². The van der Waals surface area contributed by atoms with E-state index in [1.54, 1.807) is 6.26 Å². The van der Waals surface area contributed by atoms with Gasteiger partial charge in [-0.05, 0) is 29.8 Å². The van der Waals surface area contributed by atoms with Crippen LogP contribution in [0.3, 0.4) is 0 Å². The summed E-state index contributed by atoms with van der Waals surface area (Å²) in [7, 11) is 0. The Labute approximate surface area is 129 Å². The molecule has 0 saturated carbocycles. The first-order valence-corrected chi connectivity index (χ1v) is 7.17. The minimum Gasteiger partial charge on any atom is -0.493 e. The van der Waals surface area contributed by atoms with Crippen LogP contribution < -0.4 is 4.74 Å². The number of ether oxygens (including phenoxy) is 1. The Bertz CT molecular complexity index is 722. The largest absolute Gasteiger partial charge is 0.493 e. The maximum Gasteiger partial charge on any atom is 0.226 e. The van der Waals surface area contributed by atoms with Gasteiger partial charge < -0.3 is 14.3 Å². The van der Waals surface area contributed by atoms with Crippen molar-refractivity contribution in [2.24, 2.45) is 0 Å². The van der Waals surface area contributed by atoms with Gasteiger partial charge in [-0.3, -0.25) is 0 Å². The van der Waals surface area contributed by atoms with Crippen LogP contribution in [0.5, 0.6) is 5.75 Å². The number of oxazole rings is 1. The predicted molar refractivity (Wildman–Crippen MR) is 83.5 cm³/mol. The van der Waals surface area contributed by atoms with E-state index in [0.29, 0.717) is 18.9 Å². The molecule has 0 aliphatic heterocycles. The van der Waals surface area contributed by atoms with Gasteiger partial charge in [-0.2, -0.15) is 0 Å². The van der Waals surface area contributed by atoms with Crippen molar-refractivity contribution >= 4 is 0 Å². The zero-order valence-corrected chi connectivity index (χ0v) is 12.1. The van der Waals surface area contributed by atoms with E-state index in [9.17, 15) is 0 Å². The number of nitrogens with zero attached hydrogens (tertiary/aromatic N) is 1. The minimum atomic E-state index is 0.0148. The molecule has 22 heavy (non-hydrogen) atoms. The number of benzene rings is 2. The van der Waals surface area contributed by atoms with Crippen LogP contribution in [-0.4, -0.2) is 16.7 Å². The zero-order chi connectivity index (χ0) is 15.2. The highest BCUT2D eigenvalue weighted by atomic mass is 16.5. The summed E-state index contributed by atoms with van der Waals surface area (Å²) in [6.45, 7) is 0.524. The van der Waals surface area contributed by atoms with E-state index in [0.717, 1.165) is 22.6 Å². The van der Waals surface area contributed by atoms with E-state index >= 15 is 0 Å².